The second kappa shape index (κ2) is 5.03. The molecule has 5 nitrogen and oxygen atoms in total. The number of nitrogens with two attached hydrogens (primary N) is 1. The highest BCUT2D eigenvalue weighted by Crippen LogP contribution is 2.19. The molecule has 0 bridgehead atoms. The van der Waals surface area contributed by atoms with Gasteiger partial charge in [-0.15, -0.1) is 0 Å². The molecular formula is C14H17N3O2. The predicted octanol–water partition coefficient (Wildman–Crippen LogP) is 0.968. The third-order valence-corrected chi connectivity index (χ3v) is 3.51. The first-order valence-electron chi connectivity index (χ1n) is 6.46. The highest BCUT2D eigenvalue weighted by Gasteiger charge is 2.25. The molecule has 2 heterocycles. The summed E-state index contributed by atoms with van der Waals surface area (Å²) in [7, 11) is 0. The van der Waals surface area contributed by atoms with Crippen LogP contribution in [0, 0.1) is 0 Å². The van der Waals surface area contributed by atoms with Crippen molar-refractivity contribution in [3.63, 3.8) is 0 Å². The van der Waals surface area contributed by atoms with Gasteiger partial charge < -0.3 is 20.4 Å². The van der Waals surface area contributed by atoms with E-state index >= 15 is 0 Å². The molecule has 0 spiro atoms. The summed E-state index contributed by atoms with van der Waals surface area (Å²) >= 11 is 0. The Labute approximate surface area is 111 Å². The number of morpholine rings is 1. The molecular weight excluding hydrogens is 242 g/mol. The summed E-state index contributed by atoms with van der Waals surface area (Å²) in [5.74, 6) is 0.0369. The zero-order valence-corrected chi connectivity index (χ0v) is 10.6. The normalized spacial score (nSPS) is 19.8. The van der Waals surface area contributed by atoms with Gasteiger partial charge in [-0.1, -0.05) is 12.1 Å². The van der Waals surface area contributed by atoms with Crippen molar-refractivity contribution >= 4 is 16.8 Å². The maximum Gasteiger partial charge on any atom is 0.256 e. The third kappa shape index (κ3) is 2.22. The Kier molecular flexibility index (Phi) is 3.23. The average Bonchev–Trinajstić information content (AvgIpc) is 2.95. The van der Waals surface area contributed by atoms with Crippen molar-refractivity contribution in [2.24, 2.45) is 5.73 Å². The predicted molar refractivity (Wildman–Crippen MR) is 73.0 cm³/mol. The number of amides is 1. The first kappa shape index (κ1) is 12.2. The average molecular weight is 259 g/mol. The number of nitrogens with zero attached hydrogens (tertiary/aromatic N) is 1. The number of fused-ring (bicyclic) bond motifs is 1. The van der Waals surface area contributed by atoms with Crippen LogP contribution in [0.15, 0.2) is 30.5 Å². The summed E-state index contributed by atoms with van der Waals surface area (Å²) in [6, 6.07) is 7.72. The molecule has 3 rings (SSSR count). The van der Waals surface area contributed by atoms with E-state index in [-0.39, 0.29) is 12.0 Å². The van der Waals surface area contributed by atoms with Crippen molar-refractivity contribution in [1.82, 2.24) is 9.88 Å². The number of hydrogen-bond acceptors (Lipinski definition) is 3. The van der Waals surface area contributed by atoms with Gasteiger partial charge in [0.25, 0.3) is 5.91 Å². The minimum Gasteiger partial charge on any atom is -0.373 e. The standard InChI is InChI=1S/C14H17N3O2/c15-8-11-9-17(6-7-19-11)14(18)12-3-1-2-10-4-5-16-13(10)12/h1-5,11,16H,6-9,15H2. The molecule has 1 saturated heterocycles. The third-order valence-electron chi connectivity index (χ3n) is 3.51. The van der Waals surface area contributed by atoms with Crippen molar-refractivity contribution in [3.05, 3.63) is 36.0 Å². The SMILES string of the molecule is NCC1CN(C(=O)c2cccc3cc[nH]c23)CCO1. The van der Waals surface area contributed by atoms with Crippen LogP contribution < -0.4 is 5.73 Å². The van der Waals surface area contributed by atoms with Gasteiger partial charge in [-0.05, 0) is 12.1 Å². The quantitative estimate of drug-likeness (QED) is 0.844. The summed E-state index contributed by atoms with van der Waals surface area (Å²) in [5.41, 5.74) is 7.21. The number of nitrogens with one attached hydrogen (secondary N) is 1. The molecule has 0 aliphatic carbocycles. The van der Waals surface area contributed by atoms with Crippen LogP contribution >= 0.6 is 0 Å². The fourth-order valence-electron chi connectivity index (χ4n) is 2.48. The molecule has 0 saturated carbocycles. The van der Waals surface area contributed by atoms with Crippen LogP contribution in [-0.2, 0) is 4.74 Å². The monoisotopic (exact) mass is 259 g/mol. The van der Waals surface area contributed by atoms with Crippen molar-refractivity contribution in [3.8, 4) is 0 Å². The molecule has 1 aliphatic heterocycles. The van der Waals surface area contributed by atoms with Crippen LogP contribution in [0.1, 0.15) is 10.4 Å². The number of carbonyl (C=O) groups is 1. The molecule has 5 heteroatoms. The van der Waals surface area contributed by atoms with E-state index in [2.05, 4.69) is 4.98 Å². The van der Waals surface area contributed by atoms with Crippen LogP contribution in [-0.4, -0.2) is 48.1 Å². The van der Waals surface area contributed by atoms with Gasteiger partial charge in [-0.2, -0.15) is 0 Å². The molecule has 3 N–H and O–H groups in total. The van der Waals surface area contributed by atoms with Gasteiger partial charge in [-0.25, -0.2) is 0 Å². The Balaban J connectivity index is 1.89. The van der Waals surface area contributed by atoms with Crippen molar-refractivity contribution < 1.29 is 9.53 Å². The Hall–Kier alpha value is -1.85. The lowest BCUT2D eigenvalue weighted by Crippen LogP contribution is -2.48. The van der Waals surface area contributed by atoms with Crippen LogP contribution in [0.2, 0.25) is 0 Å². The number of benzene rings is 1. The van der Waals surface area contributed by atoms with Gasteiger partial charge in [0.2, 0.25) is 0 Å². The zero-order chi connectivity index (χ0) is 13.2. The van der Waals surface area contributed by atoms with E-state index in [0.717, 1.165) is 10.9 Å². The van der Waals surface area contributed by atoms with Gasteiger partial charge in [0.1, 0.15) is 0 Å². The summed E-state index contributed by atoms with van der Waals surface area (Å²) < 4.78 is 5.49. The van der Waals surface area contributed by atoms with E-state index in [4.69, 9.17) is 10.5 Å². The Bertz CT molecular complexity index is 593. The Morgan fingerprint density at radius 2 is 2.37 bits per heavy atom. The van der Waals surface area contributed by atoms with Gasteiger partial charge in [0.05, 0.1) is 23.8 Å². The number of rotatable bonds is 2. The summed E-state index contributed by atoms with van der Waals surface area (Å²) in [6.45, 7) is 2.17. The largest absolute Gasteiger partial charge is 0.373 e. The molecule has 1 atom stereocenters. The lowest BCUT2D eigenvalue weighted by Gasteiger charge is -2.32. The molecule has 100 valence electrons. The minimum atomic E-state index is -0.0551. The maximum absolute atomic E-state index is 12.6. The smallest absolute Gasteiger partial charge is 0.256 e. The molecule has 0 radical (unpaired) electrons. The zero-order valence-electron chi connectivity index (χ0n) is 10.6. The second-order valence-corrected chi connectivity index (χ2v) is 4.73. The van der Waals surface area contributed by atoms with E-state index in [0.29, 0.717) is 31.8 Å². The van der Waals surface area contributed by atoms with Gasteiger partial charge >= 0.3 is 0 Å². The number of aromatic amines is 1. The van der Waals surface area contributed by atoms with Gasteiger partial charge in [0, 0.05) is 31.2 Å². The van der Waals surface area contributed by atoms with Crippen molar-refractivity contribution in [2.45, 2.75) is 6.10 Å². The summed E-state index contributed by atoms with van der Waals surface area (Å²) in [4.78, 5) is 17.5. The van der Waals surface area contributed by atoms with E-state index < -0.39 is 0 Å². The first-order valence-corrected chi connectivity index (χ1v) is 6.46. The lowest BCUT2D eigenvalue weighted by molar-refractivity contribution is -0.0166. The fourth-order valence-corrected chi connectivity index (χ4v) is 2.48. The molecule has 1 fully saturated rings. The van der Waals surface area contributed by atoms with Gasteiger partial charge in [0.15, 0.2) is 0 Å². The molecule has 2 aromatic rings. The number of carbonyl (C=O) groups excluding carboxylic acids is 1. The van der Waals surface area contributed by atoms with Crippen LogP contribution in [0.4, 0.5) is 0 Å². The van der Waals surface area contributed by atoms with Crippen LogP contribution in [0.25, 0.3) is 10.9 Å². The maximum atomic E-state index is 12.6. The van der Waals surface area contributed by atoms with Crippen LogP contribution in [0.5, 0.6) is 0 Å². The number of aromatic nitrogens is 1. The molecule has 19 heavy (non-hydrogen) atoms. The lowest BCUT2D eigenvalue weighted by atomic mass is 10.1. The topological polar surface area (TPSA) is 71.3 Å². The second-order valence-electron chi connectivity index (χ2n) is 4.73. The van der Waals surface area contributed by atoms with Crippen molar-refractivity contribution in [2.75, 3.05) is 26.2 Å². The van der Waals surface area contributed by atoms with E-state index in [1.165, 1.54) is 0 Å². The Morgan fingerprint density at radius 1 is 1.47 bits per heavy atom. The van der Waals surface area contributed by atoms with Gasteiger partial charge in [-0.3, -0.25) is 4.79 Å². The summed E-state index contributed by atoms with van der Waals surface area (Å²) in [6.07, 6.45) is 1.80. The molecule has 1 unspecified atom stereocenters. The first-order chi connectivity index (χ1) is 9.29. The number of H-pyrrole nitrogens is 1. The molecule has 1 amide bonds. The van der Waals surface area contributed by atoms with E-state index in [9.17, 15) is 4.79 Å². The van der Waals surface area contributed by atoms with Crippen molar-refractivity contribution in [1.29, 1.82) is 0 Å². The highest BCUT2D eigenvalue weighted by molar-refractivity contribution is 6.05. The number of para-hydroxylation sites is 1. The minimum absolute atomic E-state index is 0.0369. The summed E-state index contributed by atoms with van der Waals surface area (Å²) in [5, 5.41) is 1.05. The molecule has 1 aromatic heterocycles. The van der Waals surface area contributed by atoms with E-state index in [1.54, 1.807) is 0 Å². The number of hydrogen-bond donors (Lipinski definition) is 2. The molecule has 1 aromatic carbocycles. The van der Waals surface area contributed by atoms with Crippen LogP contribution in [0.3, 0.4) is 0 Å². The number of ether oxygens (including phenoxy) is 1. The highest BCUT2D eigenvalue weighted by atomic mass is 16.5. The van der Waals surface area contributed by atoms with E-state index in [1.807, 2.05) is 35.4 Å². The Morgan fingerprint density at radius 3 is 3.21 bits per heavy atom. The molecule has 1 aliphatic rings. The fraction of sp³-hybridized carbons (Fsp3) is 0.357.